The number of aryl methyl sites for hydroxylation is 1. The highest BCUT2D eigenvalue weighted by atomic mass is 16.5. The Morgan fingerprint density at radius 2 is 1.91 bits per heavy atom. The monoisotopic (exact) mass is 605 g/mol. The number of hydrogen-bond acceptors (Lipinski definition) is 8. The third kappa shape index (κ3) is 6.06. The summed E-state index contributed by atoms with van der Waals surface area (Å²) >= 11 is 0. The first-order chi connectivity index (χ1) is 21.4. The van der Waals surface area contributed by atoms with E-state index in [0.29, 0.717) is 44.2 Å². The summed E-state index contributed by atoms with van der Waals surface area (Å²) in [6.45, 7) is 10.1. The molecule has 0 bridgehead atoms. The second-order valence-electron chi connectivity index (χ2n) is 12.1. The summed E-state index contributed by atoms with van der Waals surface area (Å²) in [5.74, 6) is 0.201. The average Bonchev–Trinajstić information content (AvgIpc) is 3.46. The van der Waals surface area contributed by atoms with Crippen molar-refractivity contribution in [2.45, 2.75) is 58.7 Å². The number of anilines is 2. The van der Waals surface area contributed by atoms with Gasteiger partial charge in [0.05, 0.1) is 36.5 Å². The number of pyridine rings is 1. The maximum absolute atomic E-state index is 12.6. The summed E-state index contributed by atoms with van der Waals surface area (Å²) in [5, 5.41) is 22.6. The van der Waals surface area contributed by atoms with Crippen LogP contribution in [-0.2, 0) is 17.8 Å². The first kappa shape index (κ1) is 31.8. The van der Waals surface area contributed by atoms with Crippen LogP contribution in [0, 0.1) is 29.6 Å². The smallest absolute Gasteiger partial charge is 0.246 e. The first-order valence-corrected chi connectivity index (χ1v) is 15.5. The number of carbonyl (C=O) groups excluding carboxylic acids is 1. The Morgan fingerprint density at radius 1 is 1.11 bits per heavy atom. The molecule has 0 spiro atoms. The van der Waals surface area contributed by atoms with Crippen molar-refractivity contribution in [3.63, 3.8) is 0 Å². The summed E-state index contributed by atoms with van der Waals surface area (Å²) in [5.41, 5.74) is 5.66. The minimum absolute atomic E-state index is 0. The van der Waals surface area contributed by atoms with Crippen molar-refractivity contribution in [1.82, 2.24) is 14.8 Å². The highest BCUT2D eigenvalue weighted by Gasteiger charge is 2.35. The first-order valence-electron chi connectivity index (χ1n) is 15.5. The third-order valence-corrected chi connectivity index (χ3v) is 9.50. The van der Waals surface area contributed by atoms with Crippen molar-refractivity contribution in [1.29, 1.82) is 10.5 Å². The molecule has 6 rings (SSSR count). The third-order valence-electron chi connectivity index (χ3n) is 9.50. The van der Waals surface area contributed by atoms with E-state index in [-0.39, 0.29) is 31.8 Å². The number of likely N-dealkylation sites (tertiary alicyclic amines) is 1. The number of fused-ring (bicyclic) bond motifs is 2. The summed E-state index contributed by atoms with van der Waals surface area (Å²) in [6.07, 6.45) is 4.42. The summed E-state index contributed by atoms with van der Waals surface area (Å²) in [6, 6.07) is 17.5. The molecule has 0 radical (unpaired) electrons. The Kier molecular flexibility index (Phi) is 9.60. The number of ether oxygens (including phenoxy) is 1. The van der Waals surface area contributed by atoms with Gasteiger partial charge in [-0.2, -0.15) is 10.5 Å². The fourth-order valence-corrected chi connectivity index (χ4v) is 7.17. The lowest BCUT2D eigenvalue weighted by molar-refractivity contribution is -0.128. The van der Waals surface area contributed by atoms with Crippen LogP contribution in [0.3, 0.4) is 0 Å². The number of nitrogens with zero attached hydrogens (tertiary/aromatic N) is 7. The molecular weight excluding hydrogens is 562 g/mol. The van der Waals surface area contributed by atoms with Crippen LogP contribution in [0.25, 0.3) is 10.8 Å². The van der Waals surface area contributed by atoms with Crippen LogP contribution in [0.4, 0.5) is 11.4 Å². The summed E-state index contributed by atoms with van der Waals surface area (Å²) in [7, 11) is 2.11. The second-order valence-corrected chi connectivity index (χ2v) is 12.1. The molecule has 2 aromatic carbocycles. The van der Waals surface area contributed by atoms with E-state index in [1.165, 1.54) is 28.1 Å². The SMILES string of the molecule is C.C=CC(=O)N1CCN(c2c(C#N)c(OC[C@@H]3CCCN3C)nc3c2CCN(c2cccc4cccc(C)c24)C3)CC1CC#N. The zero-order chi connectivity index (χ0) is 30.8. The Bertz CT molecular complexity index is 1670. The topological polar surface area (TPSA) is 99.7 Å². The molecule has 4 heterocycles. The van der Waals surface area contributed by atoms with Gasteiger partial charge in [0.25, 0.3) is 0 Å². The van der Waals surface area contributed by atoms with Gasteiger partial charge in [0.15, 0.2) is 0 Å². The number of hydrogen-bond donors (Lipinski definition) is 0. The van der Waals surface area contributed by atoms with Gasteiger partial charge >= 0.3 is 0 Å². The molecule has 9 nitrogen and oxygen atoms in total. The number of amides is 1. The van der Waals surface area contributed by atoms with E-state index >= 15 is 0 Å². The van der Waals surface area contributed by atoms with Gasteiger partial charge in [0, 0.05) is 48.9 Å². The van der Waals surface area contributed by atoms with Crippen LogP contribution in [0.5, 0.6) is 5.88 Å². The predicted molar refractivity (Wildman–Crippen MR) is 178 cm³/mol. The molecule has 1 unspecified atom stereocenters. The number of carbonyl (C=O) groups is 1. The zero-order valence-corrected chi connectivity index (χ0v) is 25.6. The van der Waals surface area contributed by atoms with Crippen LogP contribution in [-0.4, -0.2) is 79.2 Å². The van der Waals surface area contributed by atoms with E-state index in [2.05, 4.69) is 83.8 Å². The number of likely N-dealkylation sites (N-methyl/N-ethyl adjacent to an activating group) is 1. The second kappa shape index (κ2) is 13.6. The number of benzene rings is 2. The minimum Gasteiger partial charge on any atom is -0.475 e. The largest absolute Gasteiger partial charge is 0.475 e. The highest BCUT2D eigenvalue weighted by Crippen LogP contribution is 2.40. The molecule has 2 saturated heterocycles. The number of rotatable bonds is 7. The van der Waals surface area contributed by atoms with E-state index in [1.54, 1.807) is 4.90 Å². The summed E-state index contributed by atoms with van der Waals surface area (Å²) in [4.78, 5) is 26.3. The van der Waals surface area contributed by atoms with Gasteiger partial charge in [-0.15, -0.1) is 0 Å². The Balaban J connectivity index is 0.00000400. The number of piperazine rings is 1. The number of aromatic nitrogens is 1. The van der Waals surface area contributed by atoms with Crippen molar-refractivity contribution >= 4 is 28.1 Å². The minimum atomic E-state index is -0.301. The molecule has 234 valence electrons. The fraction of sp³-hybridized carbons (Fsp3) is 0.444. The van der Waals surface area contributed by atoms with Crippen molar-refractivity contribution in [2.75, 3.05) is 56.2 Å². The maximum Gasteiger partial charge on any atom is 0.246 e. The van der Waals surface area contributed by atoms with E-state index in [0.717, 1.165) is 49.3 Å². The lowest BCUT2D eigenvalue weighted by atomic mass is 9.95. The lowest BCUT2D eigenvalue weighted by Gasteiger charge is -2.43. The predicted octanol–water partition coefficient (Wildman–Crippen LogP) is 5.20. The summed E-state index contributed by atoms with van der Waals surface area (Å²) < 4.78 is 6.41. The van der Waals surface area contributed by atoms with Gasteiger partial charge < -0.3 is 24.3 Å². The lowest BCUT2D eigenvalue weighted by Crippen LogP contribution is -2.55. The van der Waals surface area contributed by atoms with Gasteiger partial charge in [0.1, 0.15) is 18.2 Å². The number of nitriles is 2. The molecule has 3 aliphatic rings. The Morgan fingerprint density at radius 3 is 2.62 bits per heavy atom. The quantitative estimate of drug-likeness (QED) is 0.339. The van der Waals surface area contributed by atoms with Crippen molar-refractivity contribution in [3.05, 3.63) is 71.4 Å². The molecule has 0 aliphatic carbocycles. The average molecular weight is 606 g/mol. The molecule has 3 aromatic rings. The Labute approximate surface area is 266 Å². The highest BCUT2D eigenvalue weighted by molar-refractivity contribution is 5.97. The molecule has 0 saturated carbocycles. The fourth-order valence-electron chi connectivity index (χ4n) is 7.17. The van der Waals surface area contributed by atoms with Crippen LogP contribution >= 0.6 is 0 Å². The Hall–Kier alpha value is -4.60. The molecular formula is C36H43N7O2. The molecule has 2 atom stereocenters. The van der Waals surface area contributed by atoms with E-state index in [4.69, 9.17) is 9.72 Å². The van der Waals surface area contributed by atoms with Gasteiger partial charge in [-0.05, 0) is 62.9 Å². The van der Waals surface area contributed by atoms with Crippen molar-refractivity contribution in [3.8, 4) is 18.0 Å². The van der Waals surface area contributed by atoms with Gasteiger partial charge in [-0.25, -0.2) is 4.98 Å². The molecule has 45 heavy (non-hydrogen) atoms. The maximum atomic E-state index is 12.6. The molecule has 1 aromatic heterocycles. The van der Waals surface area contributed by atoms with E-state index in [1.807, 2.05) is 0 Å². The standard InChI is InChI=1S/C35H39N7O2.CH4/c1-4-32(43)42-19-18-41(21-26(42)13-15-36)34-28-14-17-40(31-12-6-10-25-9-5-8-24(2)33(25)31)22-30(28)38-35(29(34)20-37)44-23-27-11-7-16-39(27)3;/h4-6,8-10,12,26-27H,1,7,11,13-14,16-19,21-23H2,2-3H3;1H4/t26?,27-;/m0./s1. The van der Waals surface area contributed by atoms with Crippen LogP contribution in [0.15, 0.2) is 49.1 Å². The van der Waals surface area contributed by atoms with Crippen molar-refractivity contribution in [2.24, 2.45) is 0 Å². The van der Waals surface area contributed by atoms with Gasteiger partial charge in [-0.3, -0.25) is 4.79 Å². The molecule has 3 aliphatic heterocycles. The van der Waals surface area contributed by atoms with Gasteiger partial charge in [-0.1, -0.05) is 44.3 Å². The molecule has 2 fully saturated rings. The van der Waals surface area contributed by atoms with Crippen LogP contribution < -0.4 is 14.5 Å². The normalized spacial score (nSPS) is 19.8. The van der Waals surface area contributed by atoms with Gasteiger partial charge in [0.2, 0.25) is 11.8 Å². The molecule has 1 amide bonds. The van der Waals surface area contributed by atoms with Crippen LogP contribution in [0.2, 0.25) is 0 Å². The molecule has 0 N–H and O–H groups in total. The van der Waals surface area contributed by atoms with Crippen LogP contribution in [0.1, 0.15) is 49.1 Å². The molecule has 9 heteroatoms. The van der Waals surface area contributed by atoms with E-state index < -0.39 is 0 Å². The van der Waals surface area contributed by atoms with E-state index in [9.17, 15) is 15.3 Å². The zero-order valence-electron chi connectivity index (χ0n) is 25.6. The van der Waals surface area contributed by atoms with Crippen molar-refractivity contribution < 1.29 is 9.53 Å².